The van der Waals surface area contributed by atoms with Gasteiger partial charge < -0.3 is 25.4 Å². The van der Waals surface area contributed by atoms with Crippen LogP contribution in [0.15, 0.2) is 60.7 Å². The number of hydrogen-bond donors (Lipinski definition) is 3. The quantitative estimate of drug-likeness (QED) is 0.398. The summed E-state index contributed by atoms with van der Waals surface area (Å²) in [6.07, 6.45) is 0.396. The molecule has 2 rings (SSSR count). The monoisotopic (exact) mass is 519 g/mol. The van der Waals surface area contributed by atoms with E-state index in [1.807, 2.05) is 102 Å². The molecule has 0 spiro atoms. The average molecular weight is 520 g/mol. The first kappa shape index (κ1) is 31.3. The zero-order valence-corrected chi connectivity index (χ0v) is 23.1. The summed E-state index contributed by atoms with van der Waals surface area (Å²) >= 11 is 0. The molecule has 0 heterocycles. The minimum atomic E-state index is -0.576. The van der Waals surface area contributed by atoms with Crippen molar-refractivity contribution in [3.63, 3.8) is 0 Å². The van der Waals surface area contributed by atoms with Gasteiger partial charge in [-0.1, -0.05) is 60.7 Å². The van der Waals surface area contributed by atoms with Gasteiger partial charge in [0.25, 0.3) is 0 Å². The van der Waals surface area contributed by atoms with Crippen molar-refractivity contribution < 1.29 is 19.1 Å². The minimum absolute atomic E-state index is 0. The van der Waals surface area contributed by atoms with Gasteiger partial charge in [-0.05, 0) is 65.5 Å². The van der Waals surface area contributed by atoms with E-state index in [2.05, 4.69) is 16.0 Å². The smallest absolute Gasteiger partial charge is 0.407 e. The fraction of sp³-hybridized carbons (Fsp3) is 0.500. The Kier molecular flexibility index (Phi) is 12.8. The summed E-state index contributed by atoms with van der Waals surface area (Å²) in [5.41, 5.74) is 1.07. The third-order valence-electron chi connectivity index (χ3n) is 4.87. The summed E-state index contributed by atoms with van der Waals surface area (Å²) < 4.78 is 10.9. The summed E-state index contributed by atoms with van der Waals surface area (Å²) in [5, 5.41) is 9.39. The summed E-state index contributed by atoms with van der Waals surface area (Å²) in [6, 6.07) is 19.6. The van der Waals surface area contributed by atoms with E-state index in [9.17, 15) is 9.59 Å². The number of amides is 2. The van der Waals surface area contributed by atoms with Crippen LogP contribution >= 0.6 is 12.4 Å². The Morgan fingerprint density at radius 3 is 1.31 bits per heavy atom. The molecule has 200 valence electrons. The number of carbonyl (C=O) groups excluding carboxylic acids is 2. The maximum absolute atomic E-state index is 12.4. The van der Waals surface area contributed by atoms with Crippen molar-refractivity contribution in [1.29, 1.82) is 0 Å². The molecule has 0 fully saturated rings. The molecule has 0 saturated carbocycles. The summed E-state index contributed by atoms with van der Waals surface area (Å²) in [6.45, 7) is 12.1. The second-order valence-electron chi connectivity index (χ2n) is 10.7. The number of rotatable bonds is 10. The number of halogens is 1. The number of ether oxygens (including phenoxy) is 2. The number of benzene rings is 2. The maximum atomic E-state index is 12.4. The molecular weight excluding hydrogens is 478 g/mol. The van der Waals surface area contributed by atoms with Gasteiger partial charge in [0, 0.05) is 25.2 Å². The molecule has 0 radical (unpaired) electrons. The van der Waals surface area contributed by atoms with Crippen molar-refractivity contribution in [2.45, 2.75) is 77.7 Å². The van der Waals surface area contributed by atoms with Crippen LogP contribution in [-0.2, 0) is 22.3 Å². The Labute approximate surface area is 222 Å². The number of nitrogens with one attached hydrogen (secondary N) is 3. The van der Waals surface area contributed by atoms with E-state index < -0.39 is 23.4 Å². The van der Waals surface area contributed by atoms with Gasteiger partial charge in [0.15, 0.2) is 0 Å². The van der Waals surface area contributed by atoms with E-state index in [4.69, 9.17) is 9.47 Å². The molecule has 36 heavy (non-hydrogen) atoms. The molecule has 0 aliphatic rings. The van der Waals surface area contributed by atoms with Crippen LogP contribution in [0.2, 0.25) is 0 Å². The molecule has 7 nitrogen and oxygen atoms in total. The first-order valence-corrected chi connectivity index (χ1v) is 12.2. The van der Waals surface area contributed by atoms with Crippen LogP contribution in [0.5, 0.6) is 0 Å². The lowest BCUT2D eigenvalue weighted by atomic mass is 10.0. The van der Waals surface area contributed by atoms with Gasteiger partial charge in [-0.3, -0.25) is 0 Å². The fourth-order valence-electron chi connectivity index (χ4n) is 3.53. The van der Waals surface area contributed by atoms with Crippen LogP contribution in [0, 0.1) is 0 Å². The Morgan fingerprint density at radius 2 is 1.00 bits per heavy atom. The van der Waals surface area contributed by atoms with Gasteiger partial charge in [-0.25, -0.2) is 9.59 Å². The van der Waals surface area contributed by atoms with Crippen LogP contribution in [0.3, 0.4) is 0 Å². The van der Waals surface area contributed by atoms with E-state index in [0.717, 1.165) is 11.1 Å². The van der Waals surface area contributed by atoms with Gasteiger partial charge in [0.2, 0.25) is 0 Å². The highest BCUT2D eigenvalue weighted by atomic mass is 35.5. The van der Waals surface area contributed by atoms with Crippen molar-refractivity contribution in [3.05, 3.63) is 71.8 Å². The zero-order chi connectivity index (χ0) is 25.9. The number of alkyl carbamates (subject to hydrolysis) is 2. The van der Waals surface area contributed by atoms with Crippen LogP contribution in [0.4, 0.5) is 9.59 Å². The second kappa shape index (κ2) is 14.7. The SMILES string of the molecule is CC(C)(C)OC(=O)N[C@H](CNC[C@H](Cc1ccccc1)NC(=O)OC(C)(C)C)Cc1ccccc1.Cl. The topological polar surface area (TPSA) is 88.7 Å². The molecule has 2 amide bonds. The van der Waals surface area contributed by atoms with Crippen LogP contribution in [0.25, 0.3) is 0 Å². The summed E-state index contributed by atoms with van der Waals surface area (Å²) in [5.74, 6) is 0. The number of hydrogen-bond acceptors (Lipinski definition) is 5. The van der Waals surface area contributed by atoms with Gasteiger partial charge in [-0.15, -0.1) is 12.4 Å². The Balaban J connectivity index is 0.00000648. The normalized spacial score (nSPS) is 13.1. The number of carbonyl (C=O) groups is 2. The predicted octanol–water partition coefficient (Wildman–Crippen LogP) is 5.27. The van der Waals surface area contributed by atoms with Crippen molar-refractivity contribution in [3.8, 4) is 0 Å². The van der Waals surface area contributed by atoms with E-state index in [1.165, 1.54) is 0 Å². The zero-order valence-electron chi connectivity index (χ0n) is 22.3. The lowest BCUT2D eigenvalue weighted by molar-refractivity contribution is 0.0498. The highest BCUT2D eigenvalue weighted by Crippen LogP contribution is 2.10. The Bertz CT molecular complexity index is 836. The van der Waals surface area contributed by atoms with E-state index in [0.29, 0.717) is 25.9 Å². The molecule has 3 N–H and O–H groups in total. The Morgan fingerprint density at radius 1 is 0.667 bits per heavy atom. The highest BCUT2D eigenvalue weighted by molar-refractivity contribution is 5.85. The average Bonchev–Trinajstić information content (AvgIpc) is 2.72. The first-order chi connectivity index (χ1) is 16.4. The molecule has 2 aromatic carbocycles. The molecule has 0 unspecified atom stereocenters. The van der Waals surface area contributed by atoms with Crippen LogP contribution < -0.4 is 16.0 Å². The second-order valence-corrected chi connectivity index (χ2v) is 10.7. The highest BCUT2D eigenvalue weighted by Gasteiger charge is 2.22. The van der Waals surface area contributed by atoms with Gasteiger partial charge in [-0.2, -0.15) is 0 Å². The third-order valence-corrected chi connectivity index (χ3v) is 4.87. The lowest BCUT2D eigenvalue weighted by Gasteiger charge is -2.26. The van der Waals surface area contributed by atoms with E-state index in [1.54, 1.807) is 0 Å². The van der Waals surface area contributed by atoms with Crippen LogP contribution in [0.1, 0.15) is 52.7 Å². The molecule has 0 aromatic heterocycles. The van der Waals surface area contributed by atoms with Crippen molar-refractivity contribution in [2.24, 2.45) is 0 Å². The van der Waals surface area contributed by atoms with Gasteiger partial charge >= 0.3 is 12.2 Å². The molecule has 2 aromatic rings. The standard InChI is InChI=1S/C28H41N3O4.ClH/c1-27(2,3)34-25(32)30-23(17-21-13-9-7-10-14-21)19-29-20-24(18-22-15-11-8-12-16-22)31-26(33)35-28(4,5)6;/h7-16,23-24,29H,17-20H2,1-6H3,(H,30,32)(H,31,33);1H/t23-,24-;/m0./s1. The molecular formula is C28H42ClN3O4. The van der Waals surface area contributed by atoms with Gasteiger partial charge in [0.1, 0.15) is 11.2 Å². The Hall–Kier alpha value is -2.77. The first-order valence-electron chi connectivity index (χ1n) is 12.2. The van der Waals surface area contributed by atoms with Crippen LogP contribution in [-0.4, -0.2) is 48.6 Å². The molecule has 0 saturated heterocycles. The molecule has 0 bridgehead atoms. The minimum Gasteiger partial charge on any atom is -0.444 e. The third kappa shape index (κ3) is 14.0. The van der Waals surface area contributed by atoms with E-state index in [-0.39, 0.29) is 24.5 Å². The van der Waals surface area contributed by atoms with Gasteiger partial charge in [0.05, 0.1) is 0 Å². The predicted molar refractivity (Wildman–Crippen MR) is 147 cm³/mol. The molecule has 0 aliphatic carbocycles. The van der Waals surface area contributed by atoms with Crippen molar-refractivity contribution in [1.82, 2.24) is 16.0 Å². The van der Waals surface area contributed by atoms with Crippen molar-refractivity contribution in [2.75, 3.05) is 13.1 Å². The molecule has 8 heteroatoms. The summed E-state index contributed by atoms with van der Waals surface area (Å²) in [4.78, 5) is 24.9. The fourth-order valence-corrected chi connectivity index (χ4v) is 3.53. The maximum Gasteiger partial charge on any atom is 0.407 e. The largest absolute Gasteiger partial charge is 0.444 e. The lowest BCUT2D eigenvalue weighted by Crippen LogP contribution is -2.49. The molecule has 2 atom stereocenters. The summed E-state index contributed by atoms with van der Waals surface area (Å²) in [7, 11) is 0. The molecule has 0 aliphatic heterocycles. The van der Waals surface area contributed by atoms with E-state index >= 15 is 0 Å². The van der Waals surface area contributed by atoms with Crippen molar-refractivity contribution >= 4 is 24.6 Å².